The van der Waals surface area contributed by atoms with Gasteiger partial charge >= 0.3 is 0 Å². The van der Waals surface area contributed by atoms with E-state index in [4.69, 9.17) is 0 Å². The first-order valence-electron chi connectivity index (χ1n) is 10.1. The Kier molecular flexibility index (Phi) is 8.33. The molecule has 0 saturated carbocycles. The molecule has 0 bridgehead atoms. The average Bonchev–Trinajstić information content (AvgIpc) is 2.70. The van der Waals surface area contributed by atoms with Crippen molar-refractivity contribution in [2.24, 2.45) is 0 Å². The lowest BCUT2D eigenvalue weighted by Gasteiger charge is -2.22. The van der Waals surface area contributed by atoms with Crippen LogP contribution in [0.15, 0.2) is 46.2 Å². The molecule has 0 aliphatic rings. The Balaban J connectivity index is 2.44. The van der Waals surface area contributed by atoms with E-state index in [9.17, 15) is 32.2 Å². The fourth-order valence-electron chi connectivity index (χ4n) is 3.04. The fraction of sp³-hybridized carbons (Fsp3) is 0.429. The second-order valence-corrected chi connectivity index (χ2v) is 11.3. The number of phenolic OH excluding ortho intramolecular Hbond substituents is 3. The summed E-state index contributed by atoms with van der Waals surface area (Å²) in [6.07, 6.45) is 4.91. The molecule has 3 N–H and O–H groups in total. The minimum absolute atomic E-state index is 0.264. The molecule has 0 aliphatic carbocycles. The Hall–Kier alpha value is -2.30. The van der Waals surface area contributed by atoms with Crippen molar-refractivity contribution in [3.8, 4) is 17.2 Å². The molecule has 0 unspecified atom stereocenters. The highest BCUT2D eigenvalue weighted by atomic mass is 32.3. The van der Waals surface area contributed by atoms with Crippen molar-refractivity contribution >= 4 is 20.0 Å². The lowest BCUT2D eigenvalue weighted by atomic mass is 10.1. The summed E-state index contributed by atoms with van der Waals surface area (Å²) in [5, 5.41) is 29.1. The van der Waals surface area contributed by atoms with E-state index < -0.39 is 36.4 Å². The van der Waals surface area contributed by atoms with Crippen molar-refractivity contribution in [1.82, 2.24) is 3.71 Å². The van der Waals surface area contributed by atoms with E-state index in [2.05, 4.69) is 6.92 Å². The van der Waals surface area contributed by atoms with Crippen LogP contribution in [0.3, 0.4) is 0 Å². The van der Waals surface area contributed by atoms with Crippen LogP contribution in [0.25, 0.3) is 0 Å². The topological polar surface area (TPSA) is 132 Å². The molecule has 0 radical (unpaired) electrons. The first kappa shape index (κ1) is 25.0. The van der Waals surface area contributed by atoms with Crippen LogP contribution in [0.2, 0.25) is 0 Å². The van der Waals surface area contributed by atoms with Gasteiger partial charge in [0.15, 0.2) is 11.5 Å². The molecular formula is C21H29NO7S2. The summed E-state index contributed by atoms with van der Waals surface area (Å²) in [5.74, 6) is -1.46. The maximum Gasteiger partial charge on any atom is 0.256 e. The number of nitrogens with zero attached hydrogens (tertiary/aromatic N) is 1. The zero-order valence-corrected chi connectivity index (χ0v) is 19.3. The highest BCUT2D eigenvalue weighted by Gasteiger charge is 2.36. The van der Waals surface area contributed by atoms with Gasteiger partial charge in [0, 0.05) is 18.7 Å². The molecular weight excluding hydrogens is 442 g/mol. The molecule has 0 aliphatic heterocycles. The number of aromatic hydroxyl groups is 3. The van der Waals surface area contributed by atoms with E-state index in [1.54, 1.807) is 6.92 Å². The lowest BCUT2D eigenvalue weighted by molar-refractivity contribution is 0.402. The van der Waals surface area contributed by atoms with Crippen LogP contribution in [0.5, 0.6) is 17.2 Å². The number of aryl methyl sites for hydroxylation is 1. The predicted octanol–water partition coefficient (Wildman–Crippen LogP) is 3.85. The SMILES string of the molecule is CCCCCCCCN(S(=O)(=O)c1ccc(C)c(O)c1)S(=O)(=O)c1ccc(O)c(O)c1. The summed E-state index contributed by atoms with van der Waals surface area (Å²) in [7, 11) is -9.10. The van der Waals surface area contributed by atoms with Crippen LogP contribution >= 0.6 is 0 Å². The molecule has 0 aromatic heterocycles. The van der Waals surface area contributed by atoms with Gasteiger partial charge in [-0.3, -0.25) is 0 Å². The Labute approximate surface area is 183 Å². The minimum Gasteiger partial charge on any atom is -0.508 e. The second kappa shape index (κ2) is 10.3. The average molecular weight is 472 g/mol. The summed E-state index contributed by atoms with van der Waals surface area (Å²) in [6, 6.07) is 6.46. The van der Waals surface area contributed by atoms with Crippen LogP contribution in [0.4, 0.5) is 0 Å². The number of benzene rings is 2. The van der Waals surface area contributed by atoms with Crippen LogP contribution in [-0.4, -0.2) is 42.4 Å². The van der Waals surface area contributed by atoms with Crippen LogP contribution in [0.1, 0.15) is 51.0 Å². The van der Waals surface area contributed by atoms with Gasteiger partial charge in [-0.2, -0.15) is 0 Å². The third-order valence-electron chi connectivity index (χ3n) is 4.95. The van der Waals surface area contributed by atoms with Gasteiger partial charge in [0.2, 0.25) is 0 Å². The van der Waals surface area contributed by atoms with Gasteiger partial charge in [0.25, 0.3) is 20.0 Å². The minimum atomic E-state index is -4.57. The molecule has 0 fully saturated rings. The van der Waals surface area contributed by atoms with E-state index in [-0.39, 0.29) is 17.2 Å². The molecule has 0 spiro atoms. The van der Waals surface area contributed by atoms with Crippen molar-refractivity contribution in [1.29, 1.82) is 0 Å². The Bertz CT molecular complexity index is 1030. The van der Waals surface area contributed by atoms with E-state index in [1.807, 2.05) is 0 Å². The molecule has 8 nitrogen and oxygen atoms in total. The smallest absolute Gasteiger partial charge is 0.256 e. The van der Waals surface area contributed by atoms with Crippen molar-refractivity contribution in [3.05, 3.63) is 42.0 Å². The fourth-order valence-corrected chi connectivity index (χ4v) is 6.80. The van der Waals surface area contributed by atoms with Gasteiger partial charge in [-0.05, 0) is 37.1 Å². The molecule has 0 heterocycles. The second-order valence-electron chi connectivity index (χ2n) is 7.37. The summed E-state index contributed by atoms with van der Waals surface area (Å²) in [4.78, 5) is -0.818. The van der Waals surface area contributed by atoms with E-state index in [0.717, 1.165) is 49.9 Å². The van der Waals surface area contributed by atoms with Crippen molar-refractivity contribution in [3.63, 3.8) is 0 Å². The largest absolute Gasteiger partial charge is 0.508 e. The zero-order valence-electron chi connectivity index (χ0n) is 17.7. The van der Waals surface area contributed by atoms with Gasteiger partial charge in [0.1, 0.15) is 5.75 Å². The maximum absolute atomic E-state index is 13.3. The number of phenols is 3. The molecule has 2 rings (SSSR count). The molecule has 0 saturated heterocycles. The number of unbranched alkanes of at least 4 members (excludes halogenated alkanes) is 5. The summed E-state index contributed by atoms with van der Waals surface area (Å²) >= 11 is 0. The Morgan fingerprint density at radius 2 is 1.23 bits per heavy atom. The maximum atomic E-state index is 13.3. The van der Waals surface area contributed by atoms with Crippen LogP contribution < -0.4 is 0 Å². The van der Waals surface area contributed by atoms with E-state index in [0.29, 0.717) is 22.1 Å². The number of sulfonamides is 2. The normalized spacial score (nSPS) is 12.4. The standard InChI is InChI=1S/C21H29NO7S2/c1-3-4-5-6-7-8-13-22(30(26,27)17-10-9-16(2)20(24)14-17)31(28,29)18-11-12-19(23)21(25)15-18/h9-12,14-15,23-25H,3-8,13H2,1-2H3. The van der Waals surface area contributed by atoms with Crippen molar-refractivity contribution in [2.75, 3.05) is 6.54 Å². The predicted molar refractivity (Wildman–Crippen MR) is 117 cm³/mol. The number of rotatable bonds is 11. The van der Waals surface area contributed by atoms with E-state index >= 15 is 0 Å². The first-order valence-corrected chi connectivity index (χ1v) is 13.0. The van der Waals surface area contributed by atoms with E-state index in [1.165, 1.54) is 12.1 Å². The third-order valence-corrected chi connectivity index (χ3v) is 9.27. The lowest BCUT2D eigenvalue weighted by Crippen LogP contribution is -2.37. The Morgan fingerprint density at radius 3 is 1.77 bits per heavy atom. The van der Waals surface area contributed by atoms with Gasteiger partial charge in [-0.1, -0.05) is 48.8 Å². The van der Waals surface area contributed by atoms with Crippen molar-refractivity contribution < 1.29 is 32.2 Å². The zero-order chi connectivity index (χ0) is 23.2. The molecule has 2 aromatic rings. The summed E-state index contributed by atoms with van der Waals surface area (Å²) < 4.78 is 53.4. The highest BCUT2D eigenvalue weighted by molar-refractivity contribution is 8.04. The number of hydrogen-bond donors (Lipinski definition) is 3. The van der Waals surface area contributed by atoms with Crippen LogP contribution in [0, 0.1) is 6.92 Å². The van der Waals surface area contributed by atoms with Gasteiger partial charge < -0.3 is 15.3 Å². The third kappa shape index (κ3) is 5.90. The molecule has 172 valence electrons. The van der Waals surface area contributed by atoms with Gasteiger partial charge in [0.05, 0.1) is 9.79 Å². The molecule has 0 amide bonds. The number of hydrogen-bond acceptors (Lipinski definition) is 7. The molecule has 31 heavy (non-hydrogen) atoms. The first-order chi connectivity index (χ1) is 14.5. The van der Waals surface area contributed by atoms with Gasteiger partial charge in [-0.15, -0.1) is 0 Å². The van der Waals surface area contributed by atoms with Crippen molar-refractivity contribution in [2.45, 2.75) is 62.2 Å². The van der Waals surface area contributed by atoms with Gasteiger partial charge in [-0.25, -0.2) is 16.8 Å². The summed E-state index contributed by atoms with van der Waals surface area (Å²) in [6.45, 7) is 3.38. The molecule has 10 heteroatoms. The quantitative estimate of drug-likeness (QED) is 0.335. The van der Waals surface area contributed by atoms with Crippen LogP contribution in [-0.2, 0) is 20.0 Å². The molecule has 0 atom stereocenters. The molecule has 2 aromatic carbocycles. The highest BCUT2D eigenvalue weighted by Crippen LogP contribution is 2.32. The monoisotopic (exact) mass is 471 g/mol. The summed E-state index contributed by atoms with van der Waals surface area (Å²) in [5.41, 5.74) is 0.452. The Morgan fingerprint density at radius 1 is 0.710 bits per heavy atom.